The number of benzene rings is 2. The Morgan fingerprint density at radius 1 is 1.10 bits per heavy atom. The number of aromatic nitrogens is 3. The van der Waals surface area contributed by atoms with Crippen LogP contribution in [0.15, 0.2) is 53.7 Å². The van der Waals surface area contributed by atoms with E-state index in [1.54, 1.807) is 19.1 Å². The first-order valence-electron chi connectivity index (χ1n) is 10.2. The van der Waals surface area contributed by atoms with E-state index in [1.165, 1.54) is 16.1 Å². The molecular formula is C22H24N4O3S2. The maximum Gasteiger partial charge on any atom is 0.234 e. The molecule has 9 heteroatoms. The molecule has 0 saturated heterocycles. The van der Waals surface area contributed by atoms with Gasteiger partial charge in [0.1, 0.15) is 0 Å². The quantitative estimate of drug-likeness (QED) is 0.380. The number of hydrogen-bond acceptors (Lipinski definition) is 6. The zero-order valence-electron chi connectivity index (χ0n) is 17.5. The van der Waals surface area contributed by atoms with E-state index in [4.69, 9.17) is 0 Å². The molecule has 0 atom stereocenters. The minimum absolute atomic E-state index is 0.0171. The number of rotatable bonds is 8. The molecule has 2 aromatic carbocycles. The van der Waals surface area contributed by atoms with Gasteiger partial charge in [0.25, 0.3) is 0 Å². The van der Waals surface area contributed by atoms with Gasteiger partial charge in [-0.05, 0) is 44.0 Å². The van der Waals surface area contributed by atoms with Crippen molar-refractivity contribution >= 4 is 33.3 Å². The maximum atomic E-state index is 12.8. The van der Waals surface area contributed by atoms with Crippen molar-refractivity contribution in [3.8, 4) is 11.4 Å². The molecule has 0 saturated carbocycles. The van der Waals surface area contributed by atoms with Crippen molar-refractivity contribution in [2.45, 2.75) is 32.0 Å². The average molecular weight is 457 g/mol. The molecule has 0 radical (unpaired) electrons. The Labute approximate surface area is 186 Å². The second kappa shape index (κ2) is 8.84. The molecule has 31 heavy (non-hydrogen) atoms. The van der Waals surface area contributed by atoms with Crippen LogP contribution in [-0.4, -0.2) is 47.0 Å². The van der Waals surface area contributed by atoms with Gasteiger partial charge in [-0.2, -0.15) is 0 Å². The van der Waals surface area contributed by atoms with E-state index in [1.807, 2.05) is 47.9 Å². The lowest BCUT2D eigenvalue weighted by atomic mass is 10.1. The van der Waals surface area contributed by atoms with E-state index in [0.717, 1.165) is 17.0 Å². The molecule has 2 heterocycles. The van der Waals surface area contributed by atoms with Crippen LogP contribution >= 0.6 is 11.8 Å². The average Bonchev–Trinajstić information content (AvgIpc) is 3.41. The number of hydrogen-bond donors (Lipinski definition) is 0. The molecule has 7 nitrogen and oxygen atoms in total. The van der Waals surface area contributed by atoms with Crippen molar-refractivity contribution in [3.05, 3.63) is 59.7 Å². The first-order valence-corrected chi connectivity index (χ1v) is 12.8. The van der Waals surface area contributed by atoms with E-state index < -0.39 is 10.0 Å². The van der Waals surface area contributed by atoms with E-state index >= 15 is 0 Å². The molecule has 0 aliphatic carbocycles. The van der Waals surface area contributed by atoms with E-state index in [9.17, 15) is 13.2 Å². The summed E-state index contributed by atoms with van der Waals surface area (Å²) in [7, 11) is -3.29. The Kier molecular flexibility index (Phi) is 6.15. The number of fused-ring (bicyclic) bond motifs is 1. The van der Waals surface area contributed by atoms with Crippen LogP contribution < -0.4 is 4.31 Å². The monoisotopic (exact) mass is 456 g/mol. The van der Waals surface area contributed by atoms with E-state index in [-0.39, 0.29) is 17.3 Å². The third-order valence-electron chi connectivity index (χ3n) is 5.35. The molecule has 4 rings (SSSR count). The van der Waals surface area contributed by atoms with Crippen LogP contribution in [0.4, 0.5) is 5.69 Å². The summed E-state index contributed by atoms with van der Waals surface area (Å²) < 4.78 is 27.9. The fraction of sp³-hybridized carbons (Fsp3) is 0.318. The maximum absolute atomic E-state index is 12.8. The fourth-order valence-corrected chi connectivity index (χ4v) is 5.74. The number of sulfonamides is 1. The second-order valence-electron chi connectivity index (χ2n) is 7.19. The summed E-state index contributed by atoms with van der Waals surface area (Å²) in [4.78, 5) is 12.8. The van der Waals surface area contributed by atoms with Gasteiger partial charge in [-0.3, -0.25) is 9.10 Å². The summed E-state index contributed by atoms with van der Waals surface area (Å²) in [5.41, 5.74) is 3.16. The van der Waals surface area contributed by atoms with Gasteiger partial charge >= 0.3 is 0 Å². The Morgan fingerprint density at radius 3 is 2.58 bits per heavy atom. The van der Waals surface area contributed by atoms with Gasteiger partial charge < -0.3 is 4.57 Å². The first-order chi connectivity index (χ1) is 14.9. The Balaban J connectivity index is 1.49. The zero-order chi connectivity index (χ0) is 22.0. The topological polar surface area (TPSA) is 85.2 Å². The zero-order valence-corrected chi connectivity index (χ0v) is 19.1. The molecule has 3 aromatic rings. The number of anilines is 1. The highest BCUT2D eigenvalue weighted by Crippen LogP contribution is 2.32. The normalized spacial score (nSPS) is 13.4. The third kappa shape index (κ3) is 4.24. The lowest BCUT2D eigenvalue weighted by Crippen LogP contribution is -2.30. The lowest BCUT2D eigenvalue weighted by Gasteiger charge is -2.18. The van der Waals surface area contributed by atoms with Gasteiger partial charge in [0, 0.05) is 24.2 Å². The number of thioether (sulfide) groups is 1. The summed E-state index contributed by atoms with van der Waals surface area (Å²) in [6, 6.07) is 15.1. The summed E-state index contributed by atoms with van der Waals surface area (Å²) in [6.45, 7) is 4.80. The number of Topliss-reactive ketones (excluding diaryl/α,β-unsaturated/α-hetero) is 1. The van der Waals surface area contributed by atoms with Crippen molar-refractivity contribution in [1.82, 2.24) is 14.8 Å². The second-order valence-corrected chi connectivity index (χ2v) is 10.3. The number of ketones is 1. The first kappa shape index (κ1) is 21.6. The van der Waals surface area contributed by atoms with E-state index in [0.29, 0.717) is 35.9 Å². The van der Waals surface area contributed by atoms with Gasteiger partial charge in [0.05, 0.1) is 17.2 Å². The van der Waals surface area contributed by atoms with E-state index in [2.05, 4.69) is 10.2 Å². The molecule has 0 unspecified atom stereocenters. The largest absolute Gasteiger partial charge is 0.302 e. The molecule has 0 amide bonds. The van der Waals surface area contributed by atoms with Crippen molar-refractivity contribution in [3.63, 3.8) is 0 Å². The Morgan fingerprint density at radius 2 is 1.87 bits per heavy atom. The van der Waals surface area contributed by atoms with Crippen LogP contribution in [-0.2, 0) is 23.0 Å². The van der Waals surface area contributed by atoms with Gasteiger partial charge in [-0.1, -0.05) is 42.1 Å². The van der Waals surface area contributed by atoms with Gasteiger partial charge in [-0.25, -0.2) is 8.42 Å². The smallest absolute Gasteiger partial charge is 0.234 e. The van der Waals surface area contributed by atoms with Gasteiger partial charge in [0.2, 0.25) is 10.0 Å². The molecule has 0 spiro atoms. The highest BCUT2D eigenvalue weighted by Gasteiger charge is 2.28. The summed E-state index contributed by atoms with van der Waals surface area (Å²) in [5, 5.41) is 9.30. The molecule has 0 fully saturated rings. The summed E-state index contributed by atoms with van der Waals surface area (Å²) in [5.74, 6) is 1.07. The van der Waals surface area contributed by atoms with Crippen LogP contribution in [0.5, 0.6) is 0 Å². The summed E-state index contributed by atoms with van der Waals surface area (Å²) in [6.07, 6.45) is 0.618. The lowest BCUT2D eigenvalue weighted by molar-refractivity contribution is 0.102. The molecule has 162 valence electrons. The van der Waals surface area contributed by atoms with Crippen LogP contribution in [0.25, 0.3) is 11.4 Å². The number of carbonyl (C=O) groups excluding carboxylic acids is 1. The Hall–Kier alpha value is -2.65. The van der Waals surface area contributed by atoms with Crippen LogP contribution in [0, 0.1) is 0 Å². The van der Waals surface area contributed by atoms with Crippen molar-refractivity contribution in [2.75, 3.05) is 22.4 Å². The predicted molar refractivity (Wildman–Crippen MR) is 123 cm³/mol. The van der Waals surface area contributed by atoms with Crippen molar-refractivity contribution in [1.29, 1.82) is 0 Å². The fourth-order valence-electron chi connectivity index (χ4n) is 3.68. The highest BCUT2D eigenvalue weighted by atomic mass is 32.2. The molecular weight excluding hydrogens is 432 g/mol. The van der Waals surface area contributed by atoms with Crippen LogP contribution in [0.3, 0.4) is 0 Å². The molecule has 1 aliphatic heterocycles. The predicted octanol–water partition coefficient (Wildman–Crippen LogP) is 3.65. The van der Waals surface area contributed by atoms with Crippen LogP contribution in [0.2, 0.25) is 0 Å². The number of nitrogens with zero attached hydrogens (tertiary/aromatic N) is 4. The summed E-state index contributed by atoms with van der Waals surface area (Å²) >= 11 is 1.37. The molecule has 0 N–H and O–H groups in total. The van der Waals surface area contributed by atoms with Crippen molar-refractivity contribution in [2.24, 2.45) is 0 Å². The molecule has 1 aliphatic rings. The SMILES string of the molecule is CCn1c(SCC(=O)c2ccc3c(c2)CCN3S(=O)(=O)CC)nnc1-c1ccccc1. The van der Waals surface area contributed by atoms with Crippen molar-refractivity contribution < 1.29 is 13.2 Å². The van der Waals surface area contributed by atoms with Gasteiger partial charge in [0.15, 0.2) is 16.8 Å². The molecule has 0 bridgehead atoms. The van der Waals surface area contributed by atoms with Crippen LogP contribution in [0.1, 0.15) is 29.8 Å². The standard InChI is InChI=1S/C22H24N4O3S2/c1-3-25-21(16-8-6-5-7-9-16)23-24-22(25)30-15-20(27)18-10-11-19-17(14-18)12-13-26(19)31(28,29)4-2/h5-11,14H,3-4,12-13,15H2,1-2H3. The minimum atomic E-state index is -3.29. The molecule has 1 aromatic heterocycles. The third-order valence-corrected chi connectivity index (χ3v) is 8.10. The Bertz CT molecular complexity index is 1210. The van der Waals surface area contributed by atoms with Gasteiger partial charge in [-0.15, -0.1) is 10.2 Å². The highest BCUT2D eigenvalue weighted by molar-refractivity contribution is 7.99. The number of carbonyl (C=O) groups is 1. The minimum Gasteiger partial charge on any atom is -0.302 e.